The summed E-state index contributed by atoms with van der Waals surface area (Å²) in [6, 6.07) is 10.5. The van der Waals surface area contributed by atoms with Crippen LogP contribution in [0.1, 0.15) is 11.6 Å². The molecule has 0 aliphatic carbocycles. The number of nitrogens with one attached hydrogen (secondary N) is 2. The van der Waals surface area contributed by atoms with Crippen molar-refractivity contribution in [2.75, 3.05) is 10.6 Å². The van der Waals surface area contributed by atoms with Crippen molar-refractivity contribution in [2.24, 2.45) is 0 Å². The Morgan fingerprint density at radius 3 is 2.57 bits per heavy atom. The quantitative estimate of drug-likeness (QED) is 0.672. The minimum absolute atomic E-state index is 0.000122. The van der Waals surface area contributed by atoms with Gasteiger partial charge in [0.05, 0.1) is 4.92 Å². The summed E-state index contributed by atoms with van der Waals surface area (Å²) in [4.78, 5) is 22.1. The zero-order chi connectivity index (χ0) is 15.0. The summed E-state index contributed by atoms with van der Waals surface area (Å²) in [6.45, 7) is 0. The van der Waals surface area contributed by atoms with Crippen LogP contribution < -0.4 is 10.6 Å². The lowest BCUT2D eigenvalue weighted by Gasteiger charge is -2.13. The average molecular weight is 304 g/mol. The highest BCUT2D eigenvalue weighted by Crippen LogP contribution is 2.35. The Labute approximate surface area is 124 Å². The van der Waals surface area contributed by atoms with Crippen LogP contribution in [0.5, 0.6) is 0 Å². The number of nitrogens with zero attached hydrogens (tertiary/aromatic N) is 1. The van der Waals surface area contributed by atoms with Gasteiger partial charge in [-0.2, -0.15) is 0 Å². The average Bonchev–Trinajstić information content (AvgIpc) is 2.76. The van der Waals surface area contributed by atoms with Crippen molar-refractivity contribution < 1.29 is 9.72 Å². The molecule has 0 aromatic heterocycles. The number of benzene rings is 2. The number of halogens is 1. The number of carbonyl (C=O) groups is 1. The third-order valence-electron chi connectivity index (χ3n) is 3.23. The third-order valence-corrected chi connectivity index (χ3v) is 3.47. The van der Waals surface area contributed by atoms with Gasteiger partial charge in [0.2, 0.25) is 0 Å². The molecule has 1 atom stereocenters. The molecule has 0 saturated carbocycles. The van der Waals surface area contributed by atoms with Crippen LogP contribution >= 0.6 is 11.6 Å². The topological polar surface area (TPSA) is 84.3 Å². The lowest BCUT2D eigenvalue weighted by Crippen LogP contribution is -2.19. The van der Waals surface area contributed by atoms with Gasteiger partial charge < -0.3 is 10.6 Å². The summed E-state index contributed by atoms with van der Waals surface area (Å²) >= 11 is 5.95. The Hall–Kier alpha value is -2.60. The maximum Gasteiger partial charge on any atom is 0.269 e. The minimum Gasteiger partial charge on any atom is -0.370 e. The Bertz CT molecular complexity index is 731. The van der Waals surface area contributed by atoms with Crippen molar-refractivity contribution in [2.45, 2.75) is 6.04 Å². The number of rotatable bonds is 3. The summed E-state index contributed by atoms with van der Waals surface area (Å²) < 4.78 is 0. The van der Waals surface area contributed by atoms with Gasteiger partial charge in [0.1, 0.15) is 6.04 Å². The molecular weight excluding hydrogens is 294 g/mol. The standard InChI is InChI=1S/C14H10ClN3O3/c15-8-1-6-12-11(7-8)13(14(19)17-12)16-9-2-4-10(5-3-9)18(20)21/h1-7,13,16H,(H,17,19). The van der Waals surface area contributed by atoms with Gasteiger partial charge in [0, 0.05) is 34.1 Å². The van der Waals surface area contributed by atoms with E-state index in [4.69, 9.17) is 11.6 Å². The number of non-ortho nitro benzene ring substituents is 1. The second-order valence-electron chi connectivity index (χ2n) is 4.60. The predicted octanol–water partition coefficient (Wildman–Crippen LogP) is 3.35. The molecule has 0 bridgehead atoms. The van der Waals surface area contributed by atoms with Gasteiger partial charge in [0.25, 0.3) is 11.6 Å². The molecule has 1 unspecified atom stereocenters. The number of nitro benzene ring substituents is 1. The second-order valence-corrected chi connectivity index (χ2v) is 5.04. The van der Waals surface area contributed by atoms with Crippen molar-refractivity contribution in [1.29, 1.82) is 0 Å². The summed E-state index contributed by atoms with van der Waals surface area (Å²) in [5.74, 6) is -0.189. The van der Waals surface area contributed by atoms with Crippen LogP contribution in [0.15, 0.2) is 42.5 Å². The zero-order valence-electron chi connectivity index (χ0n) is 10.7. The van der Waals surface area contributed by atoms with Crippen LogP contribution in [0.25, 0.3) is 0 Å². The van der Waals surface area contributed by atoms with Gasteiger partial charge in [-0.15, -0.1) is 0 Å². The monoisotopic (exact) mass is 303 g/mol. The van der Waals surface area contributed by atoms with Gasteiger partial charge >= 0.3 is 0 Å². The third kappa shape index (κ3) is 2.53. The molecule has 2 aromatic rings. The van der Waals surface area contributed by atoms with E-state index in [2.05, 4.69) is 10.6 Å². The number of amides is 1. The molecule has 1 amide bonds. The smallest absolute Gasteiger partial charge is 0.269 e. The maximum absolute atomic E-state index is 12.0. The highest BCUT2D eigenvalue weighted by atomic mass is 35.5. The zero-order valence-corrected chi connectivity index (χ0v) is 11.4. The fourth-order valence-electron chi connectivity index (χ4n) is 2.22. The van der Waals surface area contributed by atoms with E-state index in [1.54, 1.807) is 30.3 Å². The summed E-state index contributed by atoms with van der Waals surface area (Å²) in [5.41, 5.74) is 2.09. The molecule has 1 aliphatic rings. The molecule has 21 heavy (non-hydrogen) atoms. The Morgan fingerprint density at radius 2 is 1.90 bits per heavy atom. The molecular formula is C14H10ClN3O3. The molecule has 6 nitrogen and oxygen atoms in total. The SMILES string of the molecule is O=C1Nc2ccc(Cl)cc2C1Nc1ccc([N+](=O)[O-])cc1. The number of nitro groups is 1. The molecule has 2 N–H and O–H groups in total. The highest BCUT2D eigenvalue weighted by molar-refractivity contribution is 6.31. The molecule has 106 valence electrons. The Balaban J connectivity index is 1.87. The highest BCUT2D eigenvalue weighted by Gasteiger charge is 2.30. The van der Waals surface area contributed by atoms with Gasteiger partial charge in [-0.1, -0.05) is 11.6 Å². The van der Waals surface area contributed by atoms with E-state index in [1.807, 2.05) is 0 Å². The number of fused-ring (bicyclic) bond motifs is 1. The largest absolute Gasteiger partial charge is 0.370 e. The van der Waals surface area contributed by atoms with Crippen molar-refractivity contribution in [1.82, 2.24) is 0 Å². The second kappa shape index (κ2) is 5.06. The van der Waals surface area contributed by atoms with Crippen molar-refractivity contribution in [3.05, 3.63) is 63.2 Å². The first-order chi connectivity index (χ1) is 10.0. The summed E-state index contributed by atoms with van der Waals surface area (Å²) in [7, 11) is 0. The molecule has 2 aromatic carbocycles. The van der Waals surface area contributed by atoms with Gasteiger partial charge in [0.15, 0.2) is 0 Å². The Kier molecular flexibility index (Phi) is 3.23. The first kappa shape index (κ1) is 13.4. The van der Waals surface area contributed by atoms with Crippen LogP contribution in [0.4, 0.5) is 17.1 Å². The number of hydrogen-bond donors (Lipinski definition) is 2. The lowest BCUT2D eigenvalue weighted by molar-refractivity contribution is -0.384. The first-order valence-corrected chi connectivity index (χ1v) is 6.54. The molecule has 1 aliphatic heterocycles. The molecule has 1 heterocycles. The van der Waals surface area contributed by atoms with Crippen LogP contribution in [0.2, 0.25) is 5.02 Å². The fraction of sp³-hybridized carbons (Fsp3) is 0.0714. The predicted molar refractivity (Wildman–Crippen MR) is 79.5 cm³/mol. The molecule has 0 saturated heterocycles. The number of hydrogen-bond acceptors (Lipinski definition) is 4. The normalized spacial score (nSPS) is 16.2. The lowest BCUT2D eigenvalue weighted by atomic mass is 10.1. The van der Waals surface area contributed by atoms with Crippen LogP contribution in [-0.2, 0) is 4.79 Å². The Morgan fingerprint density at radius 1 is 1.19 bits per heavy atom. The maximum atomic E-state index is 12.0. The van der Waals surface area contributed by atoms with E-state index in [0.717, 1.165) is 5.56 Å². The van der Waals surface area contributed by atoms with Crippen LogP contribution in [0, 0.1) is 10.1 Å². The fourth-order valence-corrected chi connectivity index (χ4v) is 2.40. The van der Waals surface area contributed by atoms with E-state index in [-0.39, 0.29) is 11.6 Å². The van der Waals surface area contributed by atoms with Crippen molar-refractivity contribution in [3.8, 4) is 0 Å². The number of carbonyl (C=O) groups excluding carboxylic acids is 1. The first-order valence-electron chi connectivity index (χ1n) is 6.16. The molecule has 0 fully saturated rings. The van der Waals surface area contributed by atoms with Crippen LogP contribution in [-0.4, -0.2) is 10.8 Å². The minimum atomic E-state index is -0.569. The molecule has 7 heteroatoms. The van der Waals surface area contributed by atoms with Gasteiger partial charge in [-0.3, -0.25) is 14.9 Å². The van der Waals surface area contributed by atoms with Gasteiger partial charge in [-0.25, -0.2) is 0 Å². The van der Waals surface area contributed by atoms with Crippen molar-refractivity contribution in [3.63, 3.8) is 0 Å². The summed E-state index contributed by atoms with van der Waals surface area (Å²) in [6.07, 6.45) is 0. The molecule has 0 radical (unpaired) electrons. The van der Waals surface area contributed by atoms with E-state index < -0.39 is 11.0 Å². The summed E-state index contributed by atoms with van der Waals surface area (Å²) in [5, 5.41) is 17.0. The van der Waals surface area contributed by atoms with E-state index in [9.17, 15) is 14.9 Å². The van der Waals surface area contributed by atoms with E-state index in [0.29, 0.717) is 16.4 Å². The van der Waals surface area contributed by atoms with Crippen molar-refractivity contribution >= 4 is 34.6 Å². The van der Waals surface area contributed by atoms with E-state index in [1.165, 1.54) is 12.1 Å². The van der Waals surface area contributed by atoms with E-state index >= 15 is 0 Å². The number of anilines is 2. The van der Waals surface area contributed by atoms with Crippen LogP contribution in [0.3, 0.4) is 0 Å². The van der Waals surface area contributed by atoms with Gasteiger partial charge in [-0.05, 0) is 30.3 Å². The molecule has 0 spiro atoms. The molecule has 3 rings (SSSR count).